The van der Waals surface area contributed by atoms with Crippen LogP contribution in [0.1, 0.15) is 26.3 Å². The van der Waals surface area contributed by atoms with Crippen molar-refractivity contribution >= 4 is 17.0 Å². The minimum absolute atomic E-state index is 0.0777. The lowest BCUT2D eigenvalue weighted by Crippen LogP contribution is -2.23. The highest BCUT2D eigenvalue weighted by Gasteiger charge is 2.22. The first-order valence-corrected chi connectivity index (χ1v) is 5.91. The number of nitrogens with two attached hydrogens (primary N) is 1. The summed E-state index contributed by atoms with van der Waals surface area (Å²) in [5, 5.41) is 0. The highest BCUT2D eigenvalue weighted by Crippen LogP contribution is 2.33. The van der Waals surface area contributed by atoms with Crippen LogP contribution in [0.5, 0.6) is 5.75 Å². The highest BCUT2D eigenvalue weighted by atomic mass is 16.5. The lowest BCUT2D eigenvalue weighted by molar-refractivity contribution is 0.356. The van der Waals surface area contributed by atoms with Gasteiger partial charge >= 0.3 is 0 Å². The monoisotopic (exact) mass is 231 g/mol. The molecule has 0 fully saturated rings. The quantitative estimate of drug-likeness (QED) is 0.757. The van der Waals surface area contributed by atoms with Gasteiger partial charge in [0.15, 0.2) is 0 Å². The molecule has 0 saturated heterocycles. The largest absolute Gasteiger partial charge is 0.493 e. The maximum absolute atomic E-state index is 6.01. The van der Waals surface area contributed by atoms with Gasteiger partial charge in [-0.2, -0.15) is 0 Å². The smallest absolute Gasteiger partial charge is 0.201 e. The number of rotatable bonds is 0. The van der Waals surface area contributed by atoms with Crippen LogP contribution in [0.15, 0.2) is 12.1 Å². The number of benzene rings is 1. The van der Waals surface area contributed by atoms with E-state index in [0.29, 0.717) is 5.95 Å². The molecule has 1 aromatic heterocycles. The molecule has 0 bridgehead atoms. The molecule has 1 aromatic carbocycles. The van der Waals surface area contributed by atoms with Gasteiger partial charge in [-0.3, -0.25) is 0 Å². The molecule has 4 heteroatoms. The van der Waals surface area contributed by atoms with Gasteiger partial charge in [-0.1, -0.05) is 0 Å². The van der Waals surface area contributed by atoms with E-state index in [1.54, 1.807) is 0 Å². The van der Waals surface area contributed by atoms with E-state index < -0.39 is 0 Å². The molecule has 4 nitrogen and oxygen atoms in total. The number of hydrogen-bond donors (Lipinski definition) is 1. The Morgan fingerprint density at radius 1 is 1.35 bits per heavy atom. The van der Waals surface area contributed by atoms with Gasteiger partial charge in [0, 0.05) is 18.0 Å². The number of hydrogen-bond acceptors (Lipinski definition) is 3. The Hall–Kier alpha value is -1.71. The van der Waals surface area contributed by atoms with Gasteiger partial charge in [0.2, 0.25) is 5.95 Å². The van der Waals surface area contributed by atoms with Gasteiger partial charge in [-0.05, 0) is 32.4 Å². The minimum atomic E-state index is -0.0777. The van der Waals surface area contributed by atoms with Crippen LogP contribution in [0.4, 0.5) is 5.95 Å². The summed E-state index contributed by atoms with van der Waals surface area (Å²) in [7, 11) is 0. The Kier molecular flexibility index (Phi) is 1.94. The molecule has 3 rings (SSSR count). The van der Waals surface area contributed by atoms with Crippen molar-refractivity contribution in [2.24, 2.45) is 0 Å². The van der Waals surface area contributed by atoms with Gasteiger partial charge in [0.05, 0.1) is 17.6 Å². The molecular formula is C13H17N3O. The third-order valence-electron chi connectivity index (χ3n) is 3.16. The number of nitrogens with zero attached hydrogens (tertiary/aromatic N) is 2. The normalized spacial score (nSPS) is 15.0. The molecule has 0 unspecified atom stereocenters. The summed E-state index contributed by atoms with van der Waals surface area (Å²) < 4.78 is 7.66. The second kappa shape index (κ2) is 3.15. The van der Waals surface area contributed by atoms with E-state index in [1.165, 1.54) is 5.56 Å². The lowest BCUT2D eigenvalue weighted by Gasteiger charge is -2.23. The van der Waals surface area contributed by atoms with Crippen molar-refractivity contribution in [3.63, 3.8) is 0 Å². The van der Waals surface area contributed by atoms with Gasteiger partial charge < -0.3 is 15.0 Å². The van der Waals surface area contributed by atoms with Gasteiger partial charge in [0.1, 0.15) is 5.75 Å². The minimum Gasteiger partial charge on any atom is -0.493 e. The van der Waals surface area contributed by atoms with E-state index in [-0.39, 0.29) is 5.54 Å². The first-order valence-electron chi connectivity index (χ1n) is 5.91. The van der Waals surface area contributed by atoms with Crippen molar-refractivity contribution in [2.45, 2.75) is 32.7 Å². The summed E-state index contributed by atoms with van der Waals surface area (Å²) in [6.07, 6.45) is 0.966. The van der Waals surface area contributed by atoms with Crippen molar-refractivity contribution in [2.75, 3.05) is 12.3 Å². The molecule has 17 heavy (non-hydrogen) atoms. The topological polar surface area (TPSA) is 53.1 Å². The molecule has 2 heterocycles. The number of aromatic nitrogens is 2. The zero-order valence-electron chi connectivity index (χ0n) is 10.4. The number of fused-ring (bicyclic) bond motifs is 2. The number of ether oxygens (including phenoxy) is 1. The van der Waals surface area contributed by atoms with Gasteiger partial charge in [0.25, 0.3) is 0 Å². The summed E-state index contributed by atoms with van der Waals surface area (Å²) in [4.78, 5) is 4.44. The fourth-order valence-electron chi connectivity index (χ4n) is 2.47. The van der Waals surface area contributed by atoms with Crippen molar-refractivity contribution in [3.8, 4) is 5.75 Å². The second-order valence-corrected chi connectivity index (χ2v) is 5.52. The summed E-state index contributed by atoms with van der Waals surface area (Å²) in [6, 6.07) is 4.16. The Bertz CT molecular complexity index is 593. The molecule has 0 spiro atoms. The van der Waals surface area contributed by atoms with Crippen molar-refractivity contribution in [1.82, 2.24) is 9.55 Å². The number of imidazole rings is 1. The summed E-state index contributed by atoms with van der Waals surface area (Å²) in [5.74, 6) is 1.54. The van der Waals surface area contributed by atoms with Crippen LogP contribution in [0, 0.1) is 0 Å². The fourth-order valence-corrected chi connectivity index (χ4v) is 2.47. The Balaban J connectivity index is 2.33. The van der Waals surface area contributed by atoms with E-state index in [9.17, 15) is 0 Å². The molecule has 1 aliphatic rings. The van der Waals surface area contributed by atoms with E-state index in [4.69, 9.17) is 10.5 Å². The van der Waals surface area contributed by atoms with Crippen molar-refractivity contribution < 1.29 is 4.74 Å². The Morgan fingerprint density at radius 3 is 2.82 bits per heavy atom. The molecule has 0 aliphatic carbocycles. The molecule has 2 aromatic rings. The zero-order chi connectivity index (χ0) is 12.2. The summed E-state index contributed by atoms with van der Waals surface area (Å²) >= 11 is 0. The molecular weight excluding hydrogens is 214 g/mol. The fraction of sp³-hybridized carbons (Fsp3) is 0.462. The highest BCUT2D eigenvalue weighted by molar-refractivity contribution is 5.82. The first kappa shape index (κ1) is 10.4. The molecule has 2 N–H and O–H groups in total. The first-order chi connectivity index (χ1) is 7.97. The number of anilines is 1. The van der Waals surface area contributed by atoms with Crippen LogP contribution in [-0.2, 0) is 12.0 Å². The van der Waals surface area contributed by atoms with Crippen LogP contribution in [0.3, 0.4) is 0 Å². The van der Waals surface area contributed by atoms with Crippen LogP contribution in [0.2, 0.25) is 0 Å². The standard InChI is InChI=1S/C13H17N3O/c1-13(2,3)16-10-7-11-8(4-5-17-11)6-9(10)15-12(16)14/h6-7H,4-5H2,1-3H3,(H2,14,15). The van der Waals surface area contributed by atoms with Gasteiger partial charge in [-0.25, -0.2) is 4.98 Å². The molecule has 90 valence electrons. The number of nitrogen functional groups attached to an aromatic ring is 1. The maximum atomic E-state index is 6.01. The molecule has 0 atom stereocenters. The third-order valence-corrected chi connectivity index (χ3v) is 3.16. The van der Waals surface area contributed by atoms with Crippen LogP contribution >= 0.6 is 0 Å². The van der Waals surface area contributed by atoms with Crippen LogP contribution in [0.25, 0.3) is 11.0 Å². The Morgan fingerprint density at radius 2 is 2.12 bits per heavy atom. The zero-order valence-corrected chi connectivity index (χ0v) is 10.4. The van der Waals surface area contributed by atoms with Crippen molar-refractivity contribution in [3.05, 3.63) is 17.7 Å². The SMILES string of the molecule is CC(C)(C)n1c(N)nc2cc3c(cc21)OCC3. The summed E-state index contributed by atoms with van der Waals surface area (Å²) in [5.41, 5.74) is 9.18. The molecule has 0 amide bonds. The average Bonchev–Trinajstić information content (AvgIpc) is 2.73. The molecule has 1 aliphatic heterocycles. The van der Waals surface area contributed by atoms with E-state index in [0.717, 1.165) is 29.8 Å². The predicted molar refractivity (Wildman–Crippen MR) is 68.3 cm³/mol. The van der Waals surface area contributed by atoms with E-state index in [2.05, 4.69) is 42.5 Å². The third kappa shape index (κ3) is 1.47. The van der Waals surface area contributed by atoms with E-state index in [1.807, 2.05) is 0 Å². The maximum Gasteiger partial charge on any atom is 0.201 e. The second-order valence-electron chi connectivity index (χ2n) is 5.52. The Labute approximate surface area is 100 Å². The van der Waals surface area contributed by atoms with Gasteiger partial charge in [-0.15, -0.1) is 0 Å². The lowest BCUT2D eigenvalue weighted by atomic mass is 10.1. The van der Waals surface area contributed by atoms with Crippen molar-refractivity contribution in [1.29, 1.82) is 0 Å². The predicted octanol–water partition coefficient (Wildman–Crippen LogP) is 2.31. The van der Waals surface area contributed by atoms with Crippen LogP contribution in [-0.4, -0.2) is 16.2 Å². The molecule has 0 saturated carbocycles. The average molecular weight is 231 g/mol. The summed E-state index contributed by atoms with van der Waals surface area (Å²) in [6.45, 7) is 7.14. The van der Waals surface area contributed by atoms with E-state index >= 15 is 0 Å². The van der Waals surface area contributed by atoms with Crippen LogP contribution < -0.4 is 10.5 Å². The molecule has 0 radical (unpaired) electrons.